The van der Waals surface area contributed by atoms with Crippen molar-refractivity contribution < 1.29 is 13.3 Å². The van der Waals surface area contributed by atoms with Crippen LogP contribution in [0.15, 0.2) is 29.3 Å². The molecule has 0 aliphatic carbocycles. The van der Waals surface area contributed by atoms with E-state index in [4.69, 9.17) is 0 Å². The van der Waals surface area contributed by atoms with Crippen molar-refractivity contribution in [1.82, 2.24) is 14.9 Å². The number of nitrogens with one attached hydrogen (secondary N) is 2. The van der Waals surface area contributed by atoms with Crippen molar-refractivity contribution >= 4 is 15.7 Å². The van der Waals surface area contributed by atoms with Crippen LogP contribution in [-0.4, -0.2) is 23.5 Å². The zero-order valence-electron chi connectivity index (χ0n) is 11.5. The predicted molar refractivity (Wildman–Crippen MR) is 75.2 cm³/mol. The van der Waals surface area contributed by atoms with Crippen LogP contribution in [0.4, 0.5) is 5.69 Å². The Morgan fingerprint density at radius 3 is 2.57 bits per heavy atom. The van der Waals surface area contributed by atoms with Crippen LogP contribution in [0, 0.1) is 24.0 Å². The summed E-state index contributed by atoms with van der Waals surface area (Å²) in [6.07, 6.45) is 1.49. The molecule has 0 saturated heterocycles. The topological polar surface area (TPSA) is 118 Å². The largest absolute Gasteiger partial charge is 0.289 e. The summed E-state index contributed by atoms with van der Waals surface area (Å²) in [5.41, 5.74) is 1.46. The van der Waals surface area contributed by atoms with E-state index in [0.717, 1.165) is 0 Å². The third-order valence-electron chi connectivity index (χ3n) is 3.07. The van der Waals surface area contributed by atoms with E-state index in [2.05, 4.69) is 14.9 Å². The second-order valence-corrected chi connectivity index (χ2v) is 6.30. The van der Waals surface area contributed by atoms with Crippen molar-refractivity contribution in [2.75, 3.05) is 0 Å². The highest BCUT2D eigenvalue weighted by Gasteiger charge is 2.26. The van der Waals surface area contributed by atoms with Gasteiger partial charge in [0.25, 0.3) is 5.69 Å². The van der Waals surface area contributed by atoms with Gasteiger partial charge in [-0.25, -0.2) is 13.1 Å². The molecule has 1 aromatic carbocycles. The number of aryl methyl sites for hydroxylation is 2. The van der Waals surface area contributed by atoms with Gasteiger partial charge in [0.15, 0.2) is 4.90 Å². The number of aromatic amines is 1. The summed E-state index contributed by atoms with van der Waals surface area (Å²) < 4.78 is 26.8. The lowest BCUT2D eigenvalue weighted by molar-refractivity contribution is -0.387. The average molecular weight is 310 g/mol. The SMILES string of the molecule is Cc1cc([N+](=O)[O-])c(S(=O)(=O)NCc2ccn[nH]2)cc1C. The highest BCUT2D eigenvalue weighted by molar-refractivity contribution is 7.89. The second-order valence-electron chi connectivity index (χ2n) is 4.57. The molecule has 2 aromatic rings. The normalized spacial score (nSPS) is 11.5. The van der Waals surface area contributed by atoms with Crippen LogP contribution in [0.1, 0.15) is 16.8 Å². The van der Waals surface area contributed by atoms with E-state index < -0.39 is 20.6 Å². The van der Waals surface area contributed by atoms with Crippen LogP contribution in [-0.2, 0) is 16.6 Å². The summed E-state index contributed by atoms with van der Waals surface area (Å²) in [6, 6.07) is 4.18. The average Bonchev–Trinajstić information content (AvgIpc) is 2.92. The number of nitrogens with zero attached hydrogens (tertiary/aromatic N) is 2. The van der Waals surface area contributed by atoms with Gasteiger partial charge in [-0.1, -0.05) is 0 Å². The first-order valence-corrected chi connectivity index (χ1v) is 7.53. The van der Waals surface area contributed by atoms with Crippen LogP contribution >= 0.6 is 0 Å². The Bertz CT molecular complexity index is 769. The standard InChI is InChI=1S/C12H14N4O4S/c1-8-5-11(16(17)18)12(6-9(8)2)21(19,20)14-7-10-3-4-13-15-10/h3-6,14H,7H2,1-2H3,(H,13,15). The number of aromatic nitrogens is 2. The Kier molecular flexibility index (Phi) is 4.05. The van der Waals surface area contributed by atoms with Gasteiger partial charge in [0.1, 0.15) is 0 Å². The maximum atomic E-state index is 12.3. The van der Waals surface area contributed by atoms with Gasteiger partial charge >= 0.3 is 0 Å². The van der Waals surface area contributed by atoms with Gasteiger partial charge in [-0.15, -0.1) is 0 Å². The number of benzene rings is 1. The number of nitro groups is 1. The highest BCUT2D eigenvalue weighted by Crippen LogP contribution is 2.27. The molecule has 21 heavy (non-hydrogen) atoms. The van der Waals surface area contributed by atoms with Gasteiger partial charge in [0, 0.05) is 12.3 Å². The predicted octanol–water partition coefficient (Wildman–Crippen LogP) is 1.41. The molecule has 0 saturated carbocycles. The zero-order chi connectivity index (χ0) is 15.6. The first-order valence-electron chi connectivity index (χ1n) is 6.05. The summed E-state index contributed by atoms with van der Waals surface area (Å²) in [5.74, 6) is 0. The third-order valence-corrected chi connectivity index (χ3v) is 4.50. The van der Waals surface area contributed by atoms with Gasteiger partial charge in [-0.3, -0.25) is 15.2 Å². The summed E-state index contributed by atoms with van der Waals surface area (Å²) in [6.45, 7) is 3.37. The molecule has 2 N–H and O–H groups in total. The lowest BCUT2D eigenvalue weighted by Crippen LogP contribution is -2.24. The number of rotatable bonds is 5. The molecular formula is C12H14N4O4S. The Morgan fingerprint density at radius 2 is 2.00 bits per heavy atom. The Labute approximate surface area is 121 Å². The lowest BCUT2D eigenvalue weighted by Gasteiger charge is -2.09. The number of H-pyrrole nitrogens is 1. The van der Waals surface area contributed by atoms with Crippen LogP contribution in [0.25, 0.3) is 0 Å². The third kappa shape index (κ3) is 3.26. The Morgan fingerprint density at radius 1 is 1.33 bits per heavy atom. The Balaban J connectivity index is 2.39. The molecule has 1 aromatic heterocycles. The molecule has 0 atom stereocenters. The Hall–Kier alpha value is -2.26. The minimum Gasteiger partial charge on any atom is -0.281 e. The van der Waals surface area contributed by atoms with E-state index >= 15 is 0 Å². The molecule has 8 nitrogen and oxygen atoms in total. The van der Waals surface area contributed by atoms with Crippen molar-refractivity contribution in [2.45, 2.75) is 25.3 Å². The highest BCUT2D eigenvalue weighted by atomic mass is 32.2. The lowest BCUT2D eigenvalue weighted by atomic mass is 10.1. The quantitative estimate of drug-likeness (QED) is 0.639. The molecule has 0 bridgehead atoms. The molecule has 112 valence electrons. The van der Waals surface area contributed by atoms with Crippen LogP contribution in [0.5, 0.6) is 0 Å². The molecule has 0 aliphatic rings. The smallest absolute Gasteiger partial charge is 0.281 e. The van der Waals surface area contributed by atoms with E-state index in [1.807, 2.05) is 0 Å². The molecule has 0 spiro atoms. The molecule has 0 radical (unpaired) electrons. The molecule has 0 fully saturated rings. The summed E-state index contributed by atoms with van der Waals surface area (Å²) in [5, 5.41) is 17.4. The molecule has 1 heterocycles. The van der Waals surface area contributed by atoms with E-state index in [1.54, 1.807) is 19.9 Å². The van der Waals surface area contributed by atoms with Gasteiger partial charge in [0.2, 0.25) is 10.0 Å². The van der Waals surface area contributed by atoms with E-state index in [-0.39, 0.29) is 11.4 Å². The molecule has 9 heteroatoms. The molecule has 2 rings (SSSR count). The molecule has 0 amide bonds. The number of hydrogen-bond acceptors (Lipinski definition) is 5. The van der Waals surface area contributed by atoms with Crippen molar-refractivity contribution in [3.63, 3.8) is 0 Å². The van der Waals surface area contributed by atoms with E-state index in [0.29, 0.717) is 16.8 Å². The van der Waals surface area contributed by atoms with Crippen LogP contribution in [0.2, 0.25) is 0 Å². The summed E-state index contributed by atoms with van der Waals surface area (Å²) in [7, 11) is -3.99. The van der Waals surface area contributed by atoms with Gasteiger partial charge in [-0.05, 0) is 37.1 Å². The first-order chi connectivity index (χ1) is 9.81. The van der Waals surface area contributed by atoms with Gasteiger partial charge in [0.05, 0.1) is 17.2 Å². The monoisotopic (exact) mass is 310 g/mol. The second kappa shape index (κ2) is 5.62. The molecule has 0 unspecified atom stereocenters. The first kappa shape index (κ1) is 15.1. The summed E-state index contributed by atoms with van der Waals surface area (Å²) >= 11 is 0. The molecular weight excluding hydrogens is 296 g/mol. The fourth-order valence-corrected chi connectivity index (χ4v) is 3.01. The maximum absolute atomic E-state index is 12.3. The van der Waals surface area contributed by atoms with Gasteiger partial charge in [-0.2, -0.15) is 5.10 Å². The zero-order valence-corrected chi connectivity index (χ0v) is 12.3. The minimum atomic E-state index is -3.99. The van der Waals surface area contributed by atoms with Crippen LogP contribution < -0.4 is 4.72 Å². The number of hydrogen-bond donors (Lipinski definition) is 2. The van der Waals surface area contributed by atoms with Crippen molar-refractivity contribution in [2.24, 2.45) is 0 Å². The molecule has 0 aliphatic heterocycles. The van der Waals surface area contributed by atoms with E-state index in [1.165, 1.54) is 18.3 Å². The minimum absolute atomic E-state index is 0.0214. The number of nitro benzene ring substituents is 1. The van der Waals surface area contributed by atoms with Crippen molar-refractivity contribution in [3.05, 3.63) is 51.3 Å². The number of sulfonamides is 1. The summed E-state index contributed by atoms with van der Waals surface area (Å²) in [4.78, 5) is 10.0. The van der Waals surface area contributed by atoms with Crippen LogP contribution in [0.3, 0.4) is 0 Å². The fraction of sp³-hybridized carbons (Fsp3) is 0.250. The maximum Gasteiger partial charge on any atom is 0.289 e. The van der Waals surface area contributed by atoms with Crippen molar-refractivity contribution in [3.8, 4) is 0 Å². The van der Waals surface area contributed by atoms with Crippen molar-refractivity contribution in [1.29, 1.82) is 0 Å². The fourth-order valence-electron chi connectivity index (χ4n) is 1.77. The van der Waals surface area contributed by atoms with E-state index in [9.17, 15) is 18.5 Å². The van der Waals surface area contributed by atoms with Gasteiger partial charge < -0.3 is 0 Å².